The summed E-state index contributed by atoms with van der Waals surface area (Å²) in [6, 6.07) is 2.03. The summed E-state index contributed by atoms with van der Waals surface area (Å²) in [5.74, 6) is 1.09. The van der Waals surface area contributed by atoms with Crippen molar-refractivity contribution in [2.24, 2.45) is 5.73 Å². The first-order valence-corrected chi connectivity index (χ1v) is 6.61. The Labute approximate surface area is 106 Å². The second-order valence-corrected chi connectivity index (χ2v) is 4.86. The van der Waals surface area contributed by atoms with E-state index in [1.165, 1.54) is 24.1 Å². The average molecular weight is 245 g/mol. The molecule has 0 aliphatic heterocycles. The summed E-state index contributed by atoms with van der Waals surface area (Å²) in [6.07, 6.45) is 4.63. The maximum absolute atomic E-state index is 5.59. The number of aryl methyl sites for hydroxylation is 2. The van der Waals surface area contributed by atoms with Gasteiger partial charge in [0.25, 0.3) is 0 Å². The molecule has 5 nitrogen and oxygen atoms in total. The summed E-state index contributed by atoms with van der Waals surface area (Å²) in [6.45, 7) is 3.39. The summed E-state index contributed by atoms with van der Waals surface area (Å²) in [5.41, 5.74) is 10.1. The van der Waals surface area contributed by atoms with Crippen molar-refractivity contribution in [3.63, 3.8) is 0 Å². The molecule has 0 bridgehead atoms. The average Bonchev–Trinajstić information content (AvgIpc) is 2.74. The van der Waals surface area contributed by atoms with Crippen molar-refractivity contribution in [2.75, 3.05) is 18.4 Å². The van der Waals surface area contributed by atoms with Crippen LogP contribution in [-0.2, 0) is 12.8 Å². The highest BCUT2D eigenvalue weighted by Crippen LogP contribution is 2.27. The quantitative estimate of drug-likeness (QED) is 0.855. The minimum atomic E-state index is 0.624. The summed E-state index contributed by atoms with van der Waals surface area (Å²) in [7, 11) is 0. The number of hydrogen-bond acceptors (Lipinski definition) is 4. The fourth-order valence-electron chi connectivity index (χ4n) is 2.64. The Morgan fingerprint density at radius 2 is 2.22 bits per heavy atom. The standard InChI is InChI=1S/C13H19N5/c1-9-8-12-16-11-5-3-2-4-10(11)13(15-7-6-14)18(12)17-9/h8,15H,2-7,14H2,1H3. The third kappa shape index (κ3) is 1.84. The molecule has 0 radical (unpaired) electrons. The number of nitrogens with zero attached hydrogens (tertiary/aromatic N) is 3. The van der Waals surface area contributed by atoms with Gasteiger partial charge in [-0.3, -0.25) is 0 Å². The molecular weight excluding hydrogens is 226 g/mol. The van der Waals surface area contributed by atoms with Crippen LogP contribution in [0.2, 0.25) is 0 Å². The number of rotatable bonds is 3. The van der Waals surface area contributed by atoms with Crippen LogP contribution in [0.5, 0.6) is 0 Å². The van der Waals surface area contributed by atoms with Gasteiger partial charge in [0.1, 0.15) is 5.82 Å². The van der Waals surface area contributed by atoms with E-state index < -0.39 is 0 Å². The summed E-state index contributed by atoms with van der Waals surface area (Å²) < 4.78 is 1.93. The molecular formula is C13H19N5. The lowest BCUT2D eigenvalue weighted by Crippen LogP contribution is -2.19. The molecule has 18 heavy (non-hydrogen) atoms. The number of anilines is 1. The molecule has 96 valence electrons. The molecule has 0 atom stereocenters. The lowest BCUT2D eigenvalue weighted by molar-refractivity contribution is 0.661. The Morgan fingerprint density at radius 1 is 1.39 bits per heavy atom. The Kier molecular flexibility index (Phi) is 2.91. The van der Waals surface area contributed by atoms with Crippen molar-refractivity contribution in [1.82, 2.24) is 14.6 Å². The molecule has 0 saturated carbocycles. The molecule has 1 aliphatic carbocycles. The van der Waals surface area contributed by atoms with Crippen LogP contribution in [0.1, 0.15) is 29.8 Å². The molecule has 3 N–H and O–H groups in total. The van der Waals surface area contributed by atoms with Crippen LogP contribution in [-0.4, -0.2) is 27.7 Å². The molecule has 0 unspecified atom stereocenters. The predicted molar refractivity (Wildman–Crippen MR) is 71.9 cm³/mol. The molecule has 3 rings (SSSR count). The van der Waals surface area contributed by atoms with E-state index in [2.05, 4.69) is 10.4 Å². The van der Waals surface area contributed by atoms with Crippen LogP contribution in [0.3, 0.4) is 0 Å². The largest absolute Gasteiger partial charge is 0.368 e. The highest BCUT2D eigenvalue weighted by Gasteiger charge is 2.18. The van der Waals surface area contributed by atoms with Crippen molar-refractivity contribution < 1.29 is 0 Å². The number of hydrogen-bond donors (Lipinski definition) is 2. The molecule has 0 spiro atoms. The van der Waals surface area contributed by atoms with Crippen LogP contribution in [0.4, 0.5) is 5.82 Å². The van der Waals surface area contributed by atoms with Gasteiger partial charge in [0, 0.05) is 30.4 Å². The molecule has 2 heterocycles. The summed E-state index contributed by atoms with van der Waals surface area (Å²) >= 11 is 0. The van der Waals surface area contributed by atoms with Gasteiger partial charge in [0.05, 0.1) is 5.69 Å². The Morgan fingerprint density at radius 3 is 3.06 bits per heavy atom. The van der Waals surface area contributed by atoms with E-state index in [0.29, 0.717) is 6.54 Å². The molecule has 0 amide bonds. The molecule has 1 aliphatic rings. The Balaban J connectivity index is 2.18. The normalized spacial score (nSPS) is 14.8. The minimum Gasteiger partial charge on any atom is -0.368 e. The van der Waals surface area contributed by atoms with Gasteiger partial charge in [0.2, 0.25) is 0 Å². The van der Waals surface area contributed by atoms with Crippen LogP contribution in [0, 0.1) is 6.92 Å². The van der Waals surface area contributed by atoms with Crippen LogP contribution >= 0.6 is 0 Å². The summed E-state index contributed by atoms with van der Waals surface area (Å²) in [5, 5.41) is 7.94. The van der Waals surface area contributed by atoms with E-state index in [1.54, 1.807) is 0 Å². The zero-order chi connectivity index (χ0) is 12.5. The van der Waals surface area contributed by atoms with E-state index in [1.807, 2.05) is 17.5 Å². The number of nitrogens with one attached hydrogen (secondary N) is 1. The van der Waals surface area contributed by atoms with Crippen LogP contribution < -0.4 is 11.1 Å². The van der Waals surface area contributed by atoms with E-state index >= 15 is 0 Å². The third-order valence-corrected chi connectivity index (χ3v) is 3.44. The minimum absolute atomic E-state index is 0.624. The van der Waals surface area contributed by atoms with Gasteiger partial charge in [-0.05, 0) is 32.6 Å². The molecule has 0 fully saturated rings. The van der Waals surface area contributed by atoms with Crippen molar-refractivity contribution in [3.8, 4) is 0 Å². The fraction of sp³-hybridized carbons (Fsp3) is 0.538. The first-order chi connectivity index (χ1) is 8.79. The SMILES string of the molecule is Cc1cc2nc3c(c(NCCN)n2n1)CCCC3. The predicted octanol–water partition coefficient (Wildman–Crippen LogP) is 1.29. The van der Waals surface area contributed by atoms with Gasteiger partial charge in [-0.2, -0.15) is 9.61 Å². The molecule has 2 aromatic heterocycles. The van der Waals surface area contributed by atoms with E-state index in [0.717, 1.165) is 36.5 Å². The van der Waals surface area contributed by atoms with E-state index in [4.69, 9.17) is 10.7 Å². The first-order valence-electron chi connectivity index (χ1n) is 6.61. The fourth-order valence-corrected chi connectivity index (χ4v) is 2.64. The lowest BCUT2D eigenvalue weighted by atomic mass is 9.96. The smallest absolute Gasteiger partial charge is 0.157 e. The Bertz CT molecular complexity index is 572. The highest BCUT2D eigenvalue weighted by atomic mass is 15.3. The van der Waals surface area contributed by atoms with Crippen molar-refractivity contribution >= 4 is 11.5 Å². The van der Waals surface area contributed by atoms with Gasteiger partial charge in [-0.15, -0.1) is 0 Å². The van der Waals surface area contributed by atoms with Crippen LogP contribution in [0.15, 0.2) is 6.07 Å². The van der Waals surface area contributed by atoms with Crippen molar-refractivity contribution in [3.05, 3.63) is 23.0 Å². The molecule has 2 aromatic rings. The van der Waals surface area contributed by atoms with Gasteiger partial charge in [-0.1, -0.05) is 0 Å². The summed E-state index contributed by atoms with van der Waals surface area (Å²) in [4.78, 5) is 4.73. The zero-order valence-electron chi connectivity index (χ0n) is 10.7. The maximum atomic E-state index is 5.59. The maximum Gasteiger partial charge on any atom is 0.157 e. The highest BCUT2D eigenvalue weighted by molar-refractivity contribution is 5.56. The molecule has 0 saturated heterocycles. The zero-order valence-corrected chi connectivity index (χ0v) is 10.7. The van der Waals surface area contributed by atoms with Gasteiger partial charge >= 0.3 is 0 Å². The molecule has 5 heteroatoms. The van der Waals surface area contributed by atoms with Gasteiger partial charge in [-0.25, -0.2) is 4.98 Å². The van der Waals surface area contributed by atoms with E-state index in [9.17, 15) is 0 Å². The first kappa shape index (κ1) is 11.5. The van der Waals surface area contributed by atoms with Crippen molar-refractivity contribution in [1.29, 1.82) is 0 Å². The van der Waals surface area contributed by atoms with Gasteiger partial charge < -0.3 is 11.1 Å². The second kappa shape index (κ2) is 4.57. The number of nitrogens with two attached hydrogens (primary N) is 1. The van der Waals surface area contributed by atoms with Gasteiger partial charge in [0.15, 0.2) is 5.65 Å². The van der Waals surface area contributed by atoms with Crippen LogP contribution in [0.25, 0.3) is 5.65 Å². The molecule has 0 aromatic carbocycles. The van der Waals surface area contributed by atoms with Crippen molar-refractivity contribution in [2.45, 2.75) is 32.6 Å². The number of fused-ring (bicyclic) bond motifs is 2. The second-order valence-electron chi connectivity index (χ2n) is 4.86. The topological polar surface area (TPSA) is 68.2 Å². The monoisotopic (exact) mass is 245 g/mol. The Hall–Kier alpha value is -1.62. The van der Waals surface area contributed by atoms with E-state index in [-0.39, 0.29) is 0 Å². The third-order valence-electron chi connectivity index (χ3n) is 3.44. The number of aromatic nitrogens is 3. The lowest BCUT2D eigenvalue weighted by Gasteiger charge is -2.20.